The molecule has 0 aliphatic heterocycles. The molecule has 0 atom stereocenters. The van der Waals surface area contributed by atoms with E-state index < -0.39 is 0 Å². The fourth-order valence-corrected chi connectivity index (χ4v) is 2.42. The molecule has 0 bridgehead atoms. The maximum Gasteiger partial charge on any atom is 0.239 e. The summed E-state index contributed by atoms with van der Waals surface area (Å²) in [6.45, 7) is -0.00892. The normalized spacial score (nSPS) is 10.1. The Morgan fingerprint density at radius 1 is 1.20 bits per heavy atom. The van der Waals surface area contributed by atoms with Crippen molar-refractivity contribution in [3.63, 3.8) is 0 Å². The number of carbonyl (C=O) groups excluding carboxylic acids is 2. The van der Waals surface area contributed by atoms with Gasteiger partial charge in [0.25, 0.3) is 0 Å². The highest BCUT2D eigenvalue weighted by molar-refractivity contribution is 7.13. The molecule has 0 radical (unpaired) electrons. The quantitative estimate of drug-likeness (QED) is 0.869. The summed E-state index contributed by atoms with van der Waals surface area (Å²) in [7, 11) is 1.53. The molecule has 0 saturated heterocycles. The molecule has 20 heavy (non-hydrogen) atoms. The van der Waals surface area contributed by atoms with Crippen LogP contribution in [-0.2, 0) is 16.0 Å². The van der Waals surface area contributed by atoms with Crippen molar-refractivity contribution in [1.29, 1.82) is 0 Å². The number of hydrogen-bond donors (Lipinski definition) is 2. The van der Waals surface area contributed by atoms with Gasteiger partial charge in [-0.3, -0.25) is 9.59 Å². The van der Waals surface area contributed by atoms with Crippen LogP contribution in [0.15, 0.2) is 35.7 Å². The van der Waals surface area contributed by atoms with E-state index in [2.05, 4.69) is 15.6 Å². The molecular weight excluding hydrogens is 274 g/mol. The van der Waals surface area contributed by atoms with Crippen molar-refractivity contribution in [3.8, 4) is 10.6 Å². The van der Waals surface area contributed by atoms with Crippen molar-refractivity contribution >= 4 is 23.2 Å². The molecule has 0 aliphatic rings. The Kier molecular flexibility index (Phi) is 4.84. The molecule has 104 valence electrons. The summed E-state index contributed by atoms with van der Waals surface area (Å²) >= 11 is 1.50. The van der Waals surface area contributed by atoms with Crippen molar-refractivity contribution in [2.75, 3.05) is 13.6 Å². The van der Waals surface area contributed by atoms with Crippen LogP contribution in [0.3, 0.4) is 0 Å². The lowest BCUT2D eigenvalue weighted by Crippen LogP contribution is -2.35. The Morgan fingerprint density at radius 2 is 1.95 bits per heavy atom. The number of aromatic nitrogens is 1. The molecule has 6 heteroatoms. The summed E-state index contributed by atoms with van der Waals surface area (Å²) in [5, 5.41) is 7.74. The number of amides is 2. The number of likely N-dealkylation sites (N-methyl/N-ethyl adjacent to an activating group) is 1. The number of hydrogen-bond acceptors (Lipinski definition) is 4. The lowest BCUT2D eigenvalue weighted by Gasteiger charge is -2.02. The summed E-state index contributed by atoms with van der Waals surface area (Å²) in [6, 6.07) is 9.81. The topological polar surface area (TPSA) is 71.1 Å². The fourth-order valence-electron chi connectivity index (χ4n) is 1.60. The molecule has 2 N–H and O–H groups in total. The smallest absolute Gasteiger partial charge is 0.239 e. The number of benzene rings is 1. The first-order valence-corrected chi connectivity index (χ1v) is 7.04. The fraction of sp³-hybridized carbons (Fsp3) is 0.214. The predicted molar refractivity (Wildman–Crippen MR) is 78.3 cm³/mol. The second-order valence-electron chi connectivity index (χ2n) is 4.14. The molecule has 0 spiro atoms. The number of thiazole rings is 1. The second-order valence-corrected chi connectivity index (χ2v) is 4.99. The number of rotatable bonds is 5. The van der Waals surface area contributed by atoms with Gasteiger partial charge in [0.2, 0.25) is 11.8 Å². The first-order valence-electron chi connectivity index (χ1n) is 6.16. The van der Waals surface area contributed by atoms with Crippen LogP contribution in [0.4, 0.5) is 0 Å². The standard InChI is InChI=1S/C14H15N3O2S/c1-15-13(19)8-16-12(18)7-11-9-20-14(17-11)10-5-3-2-4-6-10/h2-6,9H,7-8H2,1H3,(H,15,19)(H,16,18). The Balaban J connectivity index is 1.93. The lowest BCUT2D eigenvalue weighted by atomic mass is 10.2. The van der Waals surface area contributed by atoms with Crippen molar-refractivity contribution in [3.05, 3.63) is 41.4 Å². The number of carbonyl (C=O) groups is 2. The van der Waals surface area contributed by atoms with Crippen LogP contribution in [0.2, 0.25) is 0 Å². The van der Waals surface area contributed by atoms with Gasteiger partial charge in [-0.25, -0.2) is 4.98 Å². The molecule has 1 aromatic heterocycles. The molecule has 0 aliphatic carbocycles. The lowest BCUT2D eigenvalue weighted by molar-refractivity contribution is -0.125. The Morgan fingerprint density at radius 3 is 2.65 bits per heavy atom. The minimum absolute atomic E-state index is 0.00892. The van der Waals surface area contributed by atoms with Crippen molar-refractivity contribution in [1.82, 2.24) is 15.6 Å². The minimum Gasteiger partial charge on any atom is -0.358 e. The van der Waals surface area contributed by atoms with Gasteiger partial charge in [-0.1, -0.05) is 30.3 Å². The van der Waals surface area contributed by atoms with Crippen LogP contribution in [0.5, 0.6) is 0 Å². The highest BCUT2D eigenvalue weighted by atomic mass is 32.1. The average molecular weight is 289 g/mol. The Bertz CT molecular complexity index is 595. The van der Waals surface area contributed by atoms with Gasteiger partial charge in [-0.05, 0) is 0 Å². The SMILES string of the molecule is CNC(=O)CNC(=O)Cc1csc(-c2ccccc2)n1. The monoisotopic (exact) mass is 289 g/mol. The zero-order chi connectivity index (χ0) is 14.4. The molecule has 0 unspecified atom stereocenters. The summed E-state index contributed by atoms with van der Waals surface area (Å²) in [6.07, 6.45) is 0.181. The van der Waals surface area contributed by atoms with Crippen LogP contribution in [0.25, 0.3) is 10.6 Å². The molecule has 1 aromatic carbocycles. The minimum atomic E-state index is -0.221. The number of nitrogens with one attached hydrogen (secondary N) is 2. The van der Waals surface area contributed by atoms with Crippen LogP contribution < -0.4 is 10.6 Å². The van der Waals surface area contributed by atoms with Crippen LogP contribution in [0, 0.1) is 0 Å². The first kappa shape index (κ1) is 14.2. The second kappa shape index (κ2) is 6.81. The van der Waals surface area contributed by atoms with E-state index in [0.717, 1.165) is 10.6 Å². The zero-order valence-corrected chi connectivity index (χ0v) is 11.9. The summed E-state index contributed by atoms with van der Waals surface area (Å²) < 4.78 is 0. The van der Waals surface area contributed by atoms with E-state index in [0.29, 0.717) is 5.69 Å². The van der Waals surface area contributed by atoms with Crippen molar-refractivity contribution in [2.24, 2.45) is 0 Å². The number of nitrogens with zero attached hydrogens (tertiary/aromatic N) is 1. The average Bonchev–Trinajstić information content (AvgIpc) is 2.94. The molecule has 1 heterocycles. The third-order valence-electron chi connectivity index (χ3n) is 2.64. The third-order valence-corrected chi connectivity index (χ3v) is 3.58. The van der Waals surface area contributed by atoms with Gasteiger partial charge in [-0.2, -0.15) is 0 Å². The maximum atomic E-state index is 11.7. The van der Waals surface area contributed by atoms with Gasteiger partial charge in [0.05, 0.1) is 18.7 Å². The van der Waals surface area contributed by atoms with Gasteiger partial charge in [-0.15, -0.1) is 11.3 Å². The van der Waals surface area contributed by atoms with Crippen LogP contribution in [0.1, 0.15) is 5.69 Å². The maximum absolute atomic E-state index is 11.7. The van der Waals surface area contributed by atoms with Crippen LogP contribution >= 0.6 is 11.3 Å². The van der Waals surface area contributed by atoms with E-state index in [-0.39, 0.29) is 24.8 Å². The third kappa shape index (κ3) is 3.89. The highest BCUT2D eigenvalue weighted by Crippen LogP contribution is 2.23. The summed E-state index contributed by atoms with van der Waals surface area (Å²) in [5.41, 5.74) is 1.75. The van der Waals surface area contributed by atoms with Gasteiger partial charge in [0.1, 0.15) is 5.01 Å². The van der Waals surface area contributed by atoms with Crippen molar-refractivity contribution < 1.29 is 9.59 Å². The molecule has 2 aromatic rings. The predicted octanol–water partition coefficient (Wildman–Crippen LogP) is 1.21. The summed E-state index contributed by atoms with van der Waals surface area (Å²) in [4.78, 5) is 27.1. The zero-order valence-electron chi connectivity index (χ0n) is 11.1. The Hall–Kier alpha value is -2.21. The van der Waals surface area contributed by atoms with Gasteiger partial charge in [0.15, 0.2) is 0 Å². The van der Waals surface area contributed by atoms with E-state index in [1.165, 1.54) is 18.4 Å². The molecule has 5 nitrogen and oxygen atoms in total. The van der Waals surface area contributed by atoms with Gasteiger partial charge in [0, 0.05) is 18.0 Å². The molecule has 0 saturated carbocycles. The largest absolute Gasteiger partial charge is 0.358 e. The van der Waals surface area contributed by atoms with Crippen LogP contribution in [-0.4, -0.2) is 30.4 Å². The summed E-state index contributed by atoms with van der Waals surface area (Å²) in [5.74, 6) is -0.430. The van der Waals surface area contributed by atoms with Crippen molar-refractivity contribution in [2.45, 2.75) is 6.42 Å². The van der Waals surface area contributed by atoms with Gasteiger partial charge < -0.3 is 10.6 Å². The van der Waals surface area contributed by atoms with E-state index >= 15 is 0 Å². The first-order chi connectivity index (χ1) is 9.69. The highest BCUT2D eigenvalue weighted by Gasteiger charge is 2.09. The molecule has 0 fully saturated rings. The van der Waals surface area contributed by atoms with E-state index in [1.54, 1.807) is 0 Å². The molecular formula is C14H15N3O2S. The van der Waals surface area contributed by atoms with E-state index in [9.17, 15) is 9.59 Å². The molecule has 2 amide bonds. The molecule has 2 rings (SSSR count). The van der Waals surface area contributed by atoms with Gasteiger partial charge >= 0.3 is 0 Å². The van der Waals surface area contributed by atoms with E-state index in [4.69, 9.17) is 0 Å². The van der Waals surface area contributed by atoms with E-state index in [1.807, 2.05) is 35.7 Å². The Labute approximate surface area is 121 Å².